The molecule has 2 unspecified atom stereocenters. The summed E-state index contributed by atoms with van der Waals surface area (Å²) in [5.74, 6) is -2.20. The molecule has 0 heterocycles. The van der Waals surface area contributed by atoms with Crippen LogP contribution < -0.4 is 10.6 Å². The third kappa shape index (κ3) is 8.84. The van der Waals surface area contributed by atoms with Gasteiger partial charge in [0.25, 0.3) is 0 Å². The molecular weight excluding hydrogens is 364 g/mol. The first-order valence-electron chi connectivity index (χ1n) is 9.54. The molecule has 0 bridgehead atoms. The van der Waals surface area contributed by atoms with Gasteiger partial charge in [-0.1, -0.05) is 34.3 Å². The second-order valence-electron chi connectivity index (χ2n) is 7.81. The SMILES string of the molecule is C=C(CC(C(=O)NCC(C)(C)C(OCCOC)C(=O)NCC)C(C)C)C(=O)O. The number of carboxylic acid groups (broad SMARTS) is 1. The fourth-order valence-corrected chi connectivity index (χ4v) is 2.70. The lowest BCUT2D eigenvalue weighted by Crippen LogP contribution is -2.51. The van der Waals surface area contributed by atoms with Crippen molar-refractivity contribution in [3.05, 3.63) is 12.2 Å². The van der Waals surface area contributed by atoms with Gasteiger partial charge in [0.05, 0.1) is 13.2 Å². The number of nitrogens with one attached hydrogen (secondary N) is 2. The van der Waals surface area contributed by atoms with E-state index < -0.39 is 23.4 Å². The second-order valence-corrected chi connectivity index (χ2v) is 7.81. The van der Waals surface area contributed by atoms with Crippen molar-refractivity contribution in [1.29, 1.82) is 0 Å². The Morgan fingerprint density at radius 3 is 2.18 bits per heavy atom. The Balaban J connectivity index is 5.13. The fraction of sp³-hybridized carbons (Fsp3) is 0.750. The summed E-state index contributed by atoms with van der Waals surface area (Å²) in [5, 5.41) is 14.6. The molecule has 0 aliphatic carbocycles. The number of likely N-dealkylation sites (N-methyl/N-ethyl adjacent to an activating group) is 1. The van der Waals surface area contributed by atoms with Crippen LogP contribution in [0.2, 0.25) is 0 Å². The average molecular weight is 401 g/mol. The smallest absolute Gasteiger partial charge is 0.330 e. The molecule has 0 aliphatic heterocycles. The van der Waals surface area contributed by atoms with Gasteiger partial charge in [-0.15, -0.1) is 0 Å². The predicted octanol–water partition coefficient (Wildman–Crippen LogP) is 1.60. The molecule has 0 saturated heterocycles. The van der Waals surface area contributed by atoms with E-state index in [1.807, 2.05) is 34.6 Å². The lowest BCUT2D eigenvalue weighted by atomic mass is 9.84. The Morgan fingerprint density at radius 1 is 1.11 bits per heavy atom. The van der Waals surface area contributed by atoms with Gasteiger partial charge < -0.3 is 25.2 Å². The third-order valence-corrected chi connectivity index (χ3v) is 4.50. The first-order chi connectivity index (χ1) is 13.0. The molecule has 0 aliphatic rings. The first-order valence-corrected chi connectivity index (χ1v) is 9.54. The van der Waals surface area contributed by atoms with Gasteiger partial charge in [0, 0.05) is 37.1 Å². The van der Waals surface area contributed by atoms with Gasteiger partial charge in [-0.05, 0) is 19.3 Å². The number of aliphatic carboxylic acids is 1. The van der Waals surface area contributed by atoms with Gasteiger partial charge >= 0.3 is 5.97 Å². The van der Waals surface area contributed by atoms with E-state index in [1.54, 1.807) is 7.11 Å². The molecule has 8 nitrogen and oxygen atoms in total. The van der Waals surface area contributed by atoms with E-state index in [0.717, 1.165) is 0 Å². The number of hydrogen-bond donors (Lipinski definition) is 3. The Labute approximate surface area is 168 Å². The zero-order valence-corrected chi connectivity index (χ0v) is 18.0. The number of carbonyl (C=O) groups excluding carboxylic acids is 2. The van der Waals surface area contributed by atoms with Crippen molar-refractivity contribution >= 4 is 17.8 Å². The molecule has 0 spiro atoms. The van der Waals surface area contributed by atoms with Crippen molar-refractivity contribution in [3.8, 4) is 0 Å². The van der Waals surface area contributed by atoms with E-state index in [1.165, 1.54) is 0 Å². The number of carbonyl (C=O) groups is 3. The van der Waals surface area contributed by atoms with Crippen LogP contribution in [0.15, 0.2) is 12.2 Å². The molecule has 28 heavy (non-hydrogen) atoms. The van der Waals surface area contributed by atoms with Gasteiger partial charge in [0.15, 0.2) is 0 Å². The van der Waals surface area contributed by atoms with Crippen molar-refractivity contribution in [2.24, 2.45) is 17.3 Å². The van der Waals surface area contributed by atoms with Gasteiger partial charge in [-0.2, -0.15) is 0 Å². The second kappa shape index (κ2) is 12.5. The largest absolute Gasteiger partial charge is 0.478 e. The number of amides is 2. The molecule has 0 aromatic carbocycles. The minimum atomic E-state index is -1.11. The Bertz CT molecular complexity index is 545. The summed E-state index contributed by atoms with van der Waals surface area (Å²) in [6.07, 6.45) is -0.696. The summed E-state index contributed by atoms with van der Waals surface area (Å²) < 4.78 is 10.7. The van der Waals surface area contributed by atoms with Crippen molar-refractivity contribution in [1.82, 2.24) is 10.6 Å². The zero-order valence-electron chi connectivity index (χ0n) is 18.0. The zero-order chi connectivity index (χ0) is 21.9. The monoisotopic (exact) mass is 400 g/mol. The van der Waals surface area contributed by atoms with Crippen LogP contribution in [0.5, 0.6) is 0 Å². The van der Waals surface area contributed by atoms with Crippen LogP contribution in [0, 0.1) is 17.3 Å². The highest BCUT2D eigenvalue weighted by molar-refractivity contribution is 5.88. The Kier molecular flexibility index (Phi) is 11.7. The van der Waals surface area contributed by atoms with Crippen molar-refractivity contribution in [2.45, 2.75) is 47.1 Å². The number of rotatable bonds is 14. The van der Waals surface area contributed by atoms with Gasteiger partial charge in [0.1, 0.15) is 6.10 Å². The summed E-state index contributed by atoms with van der Waals surface area (Å²) in [4.78, 5) is 36.1. The molecule has 2 atom stereocenters. The predicted molar refractivity (Wildman–Crippen MR) is 107 cm³/mol. The van der Waals surface area contributed by atoms with Crippen LogP contribution in [0.25, 0.3) is 0 Å². The van der Waals surface area contributed by atoms with Crippen molar-refractivity contribution in [2.75, 3.05) is 33.4 Å². The van der Waals surface area contributed by atoms with Crippen LogP contribution in [-0.2, 0) is 23.9 Å². The Hall–Kier alpha value is -1.93. The van der Waals surface area contributed by atoms with E-state index in [2.05, 4.69) is 17.2 Å². The minimum absolute atomic E-state index is 0.00351. The van der Waals surface area contributed by atoms with E-state index >= 15 is 0 Å². The summed E-state index contributed by atoms with van der Waals surface area (Å²) in [6, 6.07) is 0. The quantitative estimate of drug-likeness (QED) is 0.301. The first kappa shape index (κ1) is 26.1. The maximum absolute atomic E-state index is 12.7. The van der Waals surface area contributed by atoms with E-state index in [-0.39, 0.29) is 42.9 Å². The molecule has 8 heteroatoms. The number of carboxylic acids is 1. The summed E-state index contributed by atoms with van der Waals surface area (Å²) >= 11 is 0. The molecule has 0 aromatic heterocycles. The van der Waals surface area contributed by atoms with Crippen LogP contribution in [0.4, 0.5) is 0 Å². The van der Waals surface area contributed by atoms with Crippen LogP contribution >= 0.6 is 0 Å². The fourth-order valence-electron chi connectivity index (χ4n) is 2.70. The van der Waals surface area contributed by atoms with Crippen LogP contribution in [-0.4, -0.2) is 62.4 Å². The molecule has 0 aromatic rings. The molecule has 0 radical (unpaired) electrons. The van der Waals surface area contributed by atoms with Gasteiger partial charge in [-0.25, -0.2) is 4.79 Å². The highest BCUT2D eigenvalue weighted by atomic mass is 16.5. The van der Waals surface area contributed by atoms with Crippen molar-refractivity contribution < 1.29 is 29.0 Å². The third-order valence-electron chi connectivity index (χ3n) is 4.50. The van der Waals surface area contributed by atoms with E-state index in [0.29, 0.717) is 13.2 Å². The lowest BCUT2D eigenvalue weighted by Gasteiger charge is -2.34. The highest BCUT2D eigenvalue weighted by Gasteiger charge is 2.37. The molecule has 2 amide bonds. The number of ether oxygens (including phenoxy) is 2. The van der Waals surface area contributed by atoms with Crippen LogP contribution in [0.1, 0.15) is 41.0 Å². The average Bonchev–Trinajstić information content (AvgIpc) is 2.60. The molecule has 0 rings (SSSR count). The summed E-state index contributed by atoms with van der Waals surface area (Å²) in [6.45, 7) is 14.0. The normalized spacial score (nSPS) is 13.7. The number of methoxy groups -OCH3 is 1. The Morgan fingerprint density at radius 2 is 1.71 bits per heavy atom. The minimum Gasteiger partial charge on any atom is -0.478 e. The van der Waals surface area contributed by atoms with Gasteiger partial charge in [0.2, 0.25) is 11.8 Å². The molecule has 3 N–H and O–H groups in total. The summed E-state index contributed by atoms with van der Waals surface area (Å²) in [5.41, 5.74) is -0.690. The summed E-state index contributed by atoms with van der Waals surface area (Å²) in [7, 11) is 1.55. The molecule has 0 saturated carbocycles. The van der Waals surface area contributed by atoms with E-state index in [9.17, 15) is 14.4 Å². The number of hydrogen-bond acceptors (Lipinski definition) is 5. The van der Waals surface area contributed by atoms with Gasteiger partial charge in [-0.3, -0.25) is 9.59 Å². The van der Waals surface area contributed by atoms with E-state index in [4.69, 9.17) is 14.6 Å². The molecule has 0 fully saturated rings. The van der Waals surface area contributed by atoms with Crippen LogP contribution in [0.3, 0.4) is 0 Å². The standard InChI is InChI=1S/C20H36N2O6/c1-8-21-18(24)16(28-10-9-27-7)20(5,6)12-22-17(23)15(13(2)3)11-14(4)19(25)26/h13,15-16H,4,8-12H2,1-3,5-7H3,(H,21,24)(H,22,23)(H,25,26). The lowest BCUT2D eigenvalue weighted by molar-refractivity contribution is -0.143. The molecule has 162 valence electrons. The maximum Gasteiger partial charge on any atom is 0.330 e. The molecular formula is C20H36N2O6. The van der Waals surface area contributed by atoms with Crippen molar-refractivity contribution in [3.63, 3.8) is 0 Å². The highest BCUT2D eigenvalue weighted by Crippen LogP contribution is 2.25. The topological polar surface area (TPSA) is 114 Å². The maximum atomic E-state index is 12.7.